The summed E-state index contributed by atoms with van der Waals surface area (Å²) in [5.74, 6) is 0.705. The molecule has 0 aromatic heterocycles. The molecule has 0 radical (unpaired) electrons. The minimum absolute atomic E-state index is 0.140. The van der Waals surface area contributed by atoms with Gasteiger partial charge >= 0.3 is 5.97 Å². The maximum Gasteiger partial charge on any atom is 0.337 e. The van der Waals surface area contributed by atoms with E-state index in [0.29, 0.717) is 30.0 Å². The highest BCUT2D eigenvalue weighted by Crippen LogP contribution is 2.34. The lowest BCUT2D eigenvalue weighted by atomic mass is 10.1. The van der Waals surface area contributed by atoms with Gasteiger partial charge in [-0.15, -0.1) is 0 Å². The number of methoxy groups -OCH3 is 1. The van der Waals surface area contributed by atoms with Crippen molar-refractivity contribution >= 4 is 17.6 Å². The van der Waals surface area contributed by atoms with Crippen molar-refractivity contribution in [1.82, 2.24) is 0 Å². The number of ether oxygens (including phenoxy) is 3. The number of esters is 1. The number of rotatable bonds is 2. The lowest BCUT2D eigenvalue weighted by Gasteiger charge is -2.29. The summed E-state index contributed by atoms with van der Waals surface area (Å²) in [7, 11) is 1.35. The molecule has 128 valence electrons. The predicted molar refractivity (Wildman–Crippen MR) is 90.2 cm³/mol. The Labute approximate surface area is 144 Å². The first kappa shape index (κ1) is 15.5. The Balaban J connectivity index is 1.55. The van der Waals surface area contributed by atoms with Crippen molar-refractivity contribution < 1.29 is 23.8 Å². The molecule has 1 atom stereocenters. The van der Waals surface area contributed by atoms with Crippen LogP contribution < -0.4 is 14.4 Å². The van der Waals surface area contributed by atoms with E-state index in [1.807, 2.05) is 18.2 Å². The van der Waals surface area contributed by atoms with E-state index < -0.39 is 6.10 Å². The van der Waals surface area contributed by atoms with E-state index >= 15 is 0 Å². The van der Waals surface area contributed by atoms with Gasteiger partial charge in [0, 0.05) is 12.2 Å². The molecule has 0 spiro atoms. The van der Waals surface area contributed by atoms with Crippen molar-refractivity contribution in [3.8, 4) is 11.5 Å². The zero-order valence-corrected chi connectivity index (χ0v) is 13.7. The van der Waals surface area contributed by atoms with Gasteiger partial charge in [0.15, 0.2) is 11.5 Å². The summed E-state index contributed by atoms with van der Waals surface area (Å²) in [5, 5.41) is 0. The van der Waals surface area contributed by atoms with Gasteiger partial charge in [-0.2, -0.15) is 0 Å². The summed E-state index contributed by atoms with van der Waals surface area (Å²) >= 11 is 0. The molecule has 2 heterocycles. The van der Waals surface area contributed by atoms with E-state index in [0.717, 1.165) is 11.3 Å². The topological polar surface area (TPSA) is 65.1 Å². The number of carbonyl (C=O) groups excluding carboxylic acids is 2. The van der Waals surface area contributed by atoms with Gasteiger partial charge in [0.1, 0.15) is 6.61 Å². The lowest BCUT2D eigenvalue weighted by molar-refractivity contribution is -0.127. The predicted octanol–water partition coefficient (Wildman–Crippen LogP) is 2.20. The van der Waals surface area contributed by atoms with Crippen LogP contribution in [0.4, 0.5) is 5.69 Å². The van der Waals surface area contributed by atoms with Crippen LogP contribution in [0.2, 0.25) is 0 Å². The van der Waals surface area contributed by atoms with Crippen LogP contribution in [0.1, 0.15) is 15.9 Å². The average molecular weight is 339 g/mol. The standard InChI is InChI=1S/C19H17NO5/c1-23-19(22)13-6-7-14-12(10-13)8-9-20(14)18(21)17-11-24-15-4-2-3-5-16(15)25-17/h2-7,10,17H,8-9,11H2,1H3. The number of para-hydroxylation sites is 2. The average Bonchev–Trinajstić information content (AvgIpc) is 3.09. The fourth-order valence-corrected chi connectivity index (χ4v) is 3.19. The Morgan fingerprint density at radius 1 is 1.16 bits per heavy atom. The van der Waals surface area contributed by atoms with Crippen LogP contribution in [0.5, 0.6) is 11.5 Å². The second kappa shape index (κ2) is 6.12. The Kier molecular flexibility index (Phi) is 3.80. The molecule has 2 aromatic rings. The van der Waals surface area contributed by atoms with E-state index in [1.54, 1.807) is 29.2 Å². The molecule has 1 amide bonds. The molecule has 4 rings (SSSR count). The number of anilines is 1. The van der Waals surface area contributed by atoms with Crippen molar-refractivity contribution in [1.29, 1.82) is 0 Å². The van der Waals surface area contributed by atoms with E-state index in [1.165, 1.54) is 7.11 Å². The molecule has 2 aliphatic heterocycles. The fourth-order valence-electron chi connectivity index (χ4n) is 3.19. The number of fused-ring (bicyclic) bond motifs is 2. The first-order valence-corrected chi connectivity index (χ1v) is 8.08. The lowest BCUT2D eigenvalue weighted by Crippen LogP contribution is -2.46. The van der Waals surface area contributed by atoms with E-state index in [-0.39, 0.29) is 18.5 Å². The molecule has 0 fully saturated rings. The van der Waals surface area contributed by atoms with E-state index in [9.17, 15) is 9.59 Å². The number of hydrogen-bond acceptors (Lipinski definition) is 5. The normalized spacial score (nSPS) is 17.8. The SMILES string of the molecule is COC(=O)c1ccc2c(c1)CCN2C(=O)C1COc2ccccc2O1. The Morgan fingerprint density at radius 3 is 2.76 bits per heavy atom. The van der Waals surface area contributed by atoms with Gasteiger partial charge in [-0.3, -0.25) is 4.79 Å². The molecule has 6 heteroatoms. The first-order chi connectivity index (χ1) is 12.2. The Morgan fingerprint density at radius 2 is 1.96 bits per heavy atom. The summed E-state index contributed by atoms with van der Waals surface area (Å²) in [6.07, 6.45) is 0.0110. The molecule has 0 saturated heterocycles. The Bertz CT molecular complexity index is 847. The molecular weight excluding hydrogens is 322 g/mol. The van der Waals surface area contributed by atoms with Crippen LogP contribution >= 0.6 is 0 Å². The molecule has 1 unspecified atom stereocenters. The van der Waals surface area contributed by atoms with Crippen LogP contribution in [0.15, 0.2) is 42.5 Å². The molecule has 0 aliphatic carbocycles. The smallest absolute Gasteiger partial charge is 0.337 e. The number of benzene rings is 2. The molecule has 25 heavy (non-hydrogen) atoms. The summed E-state index contributed by atoms with van der Waals surface area (Å²) in [5.41, 5.74) is 2.25. The maximum atomic E-state index is 12.9. The highest BCUT2D eigenvalue weighted by Gasteiger charge is 2.34. The third-order valence-corrected chi connectivity index (χ3v) is 4.45. The van der Waals surface area contributed by atoms with Crippen molar-refractivity contribution in [3.05, 3.63) is 53.6 Å². The van der Waals surface area contributed by atoms with E-state index in [2.05, 4.69) is 0 Å². The van der Waals surface area contributed by atoms with Gasteiger partial charge < -0.3 is 19.1 Å². The zero-order chi connectivity index (χ0) is 17.4. The summed E-state index contributed by atoms with van der Waals surface area (Å²) in [6, 6.07) is 12.5. The minimum atomic E-state index is -0.680. The van der Waals surface area contributed by atoms with Crippen molar-refractivity contribution in [3.63, 3.8) is 0 Å². The molecule has 2 aliphatic rings. The second-order valence-corrected chi connectivity index (χ2v) is 5.94. The maximum absolute atomic E-state index is 12.9. The quantitative estimate of drug-likeness (QED) is 0.785. The zero-order valence-electron chi connectivity index (χ0n) is 13.7. The molecule has 0 saturated carbocycles. The van der Waals surface area contributed by atoms with Gasteiger partial charge in [0.25, 0.3) is 5.91 Å². The fraction of sp³-hybridized carbons (Fsp3) is 0.263. The van der Waals surface area contributed by atoms with Gasteiger partial charge in [-0.25, -0.2) is 4.79 Å². The number of carbonyl (C=O) groups is 2. The van der Waals surface area contributed by atoms with Gasteiger partial charge in [-0.05, 0) is 42.3 Å². The Hall–Kier alpha value is -3.02. The third-order valence-electron chi connectivity index (χ3n) is 4.45. The minimum Gasteiger partial charge on any atom is -0.485 e. The van der Waals surface area contributed by atoms with Crippen LogP contribution in [0, 0.1) is 0 Å². The number of amides is 1. The van der Waals surface area contributed by atoms with Gasteiger partial charge in [0.2, 0.25) is 6.10 Å². The molecule has 2 aromatic carbocycles. The molecule has 0 bridgehead atoms. The summed E-state index contributed by atoms with van der Waals surface area (Å²) < 4.78 is 16.2. The molecular formula is C19H17NO5. The van der Waals surface area contributed by atoms with E-state index in [4.69, 9.17) is 14.2 Å². The highest BCUT2D eigenvalue weighted by molar-refractivity contribution is 6.00. The number of nitrogens with zero attached hydrogens (tertiary/aromatic N) is 1. The molecule has 6 nitrogen and oxygen atoms in total. The van der Waals surface area contributed by atoms with Crippen molar-refractivity contribution in [2.24, 2.45) is 0 Å². The van der Waals surface area contributed by atoms with Gasteiger partial charge in [0.05, 0.1) is 12.7 Å². The molecule has 0 N–H and O–H groups in total. The largest absolute Gasteiger partial charge is 0.485 e. The van der Waals surface area contributed by atoms with Crippen LogP contribution in [0.25, 0.3) is 0 Å². The van der Waals surface area contributed by atoms with Crippen LogP contribution in [-0.4, -0.2) is 38.2 Å². The second-order valence-electron chi connectivity index (χ2n) is 5.94. The summed E-state index contributed by atoms with van der Waals surface area (Å²) in [4.78, 5) is 26.2. The van der Waals surface area contributed by atoms with Crippen LogP contribution in [-0.2, 0) is 16.0 Å². The number of hydrogen-bond donors (Lipinski definition) is 0. The monoisotopic (exact) mass is 339 g/mol. The van der Waals surface area contributed by atoms with Crippen molar-refractivity contribution in [2.75, 3.05) is 25.2 Å². The highest BCUT2D eigenvalue weighted by atomic mass is 16.6. The van der Waals surface area contributed by atoms with Crippen molar-refractivity contribution in [2.45, 2.75) is 12.5 Å². The van der Waals surface area contributed by atoms with Crippen LogP contribution in [0.3, 0.4) is 0 Å². The first-order valence-electron chi connectivity index (χ1n) is 8.08. The summed E-state index contributed by atoms with van der Waals surface area (Å²) in [6.45, 7) is 0.738. The van der Waals surface area contributed by atoms with Gasteiger partial charge in [-0.1, -0.05) is 12.1 Å². The third kappa shape index (κ3) is 2.69.